The second kappa shape index (κ2) is 36.0. The maximum absolute atomic E-state index is 7.00. The molecule has 0 saturated heterocycles. The molecule has 17 heavy (non-hydrogen) atoms. The summed E-state index contributed by atoms with van der Waals surface area (Å²) in [5.41, 5.74) is 5.39. The predicted molar refractivity (Wildman–Crippen MR) is 71.0 cm³/mol. The van der Waals surface area contributed by atoms with Gasteiger partial charge in [-0.15, -0.1) is 0 Å². The molecule has 0 bridgehead atoms. The van der Waals surface area contributed by atoms with Crippen molar-refractivity contribution < 1.29 is 31.9 Å². The van der Waals surface area contributed by atoms with Crippen molar-refractivity contribution in [2.75, 3.05) is 27.3 Å². The Balaban J connectivity index is -0.000000152. The third-order valence-corrected chi connectivity index (χ3v) is 1.85. The summed E-state index contributed by atoms with van der Waals surface area (Å²) in [6.45, 7) is 6.34. The molecule has 0 aliphatic rings. The first-order valence-corrected chi connectivity index (χ1v) is 6.06. The van der Waals surface area contributed by atoms with Gasteiger partial charge in [0.15, 0.2) is 0 Å². The van der Waals surface area contributed by atoms with Crippen molar-refractivity contribution in [2.45, 2.75) is 45.4 Å². The Morgan fingerprint density at radius 1 is 1.00 bits per heavy atom. The van der Waals surface area contributed by atoms with Crippen LogP contribution < -0.4 is 11.1 Å². The first-order valence-electron chi connectivity index (χ1n) is 6.06. The Morgan fingerprint density at radius 3 is 2.00 bits per heavy atom. The third-order valence-electron chi connectivity index (χ3n) is 1.85. The molecule has 0 aliphatic heterocycles. The number of nitrogens with two attached hydrogens (primary N) is 1. The van der Waals surface area contributed by atoms with Gasteiger partial charge in [-0.05, 0) is 25.9 Å². The summed E-state index contributed by atoms with van der Waals surface area (Å²) >= 11 is 0. The Bertz CT molecular complexity index is 78.9. The number of unbranched alkanes of at least 4 members (excludes halogenated alkanes) is 4. The molecule has 0 amide bonds. The fraction of sp³-hybridized carbons (Fsp3) is 0.917. The average molecular weight is 283 g/mol. The van der Waals surface area contributed by atoms with E-state index in [2.05, 4.69) is 18.8 Å². The van der Waals surface area contributed by atoms with E-state index in [9.17, 15) is 0 Å². The van der Waals surface area contributed by atoms with Gasteiger partial charge in [0.05, 0.1) is 0 Å². The van der Waals surface area contributed by atoms with Gasteiger partial charge in [0, 0.05) is 35.9 Å². The van der Waals surface area contributed by atoms with Gasteiger partial charge in [0.1, 0.15) is 0 Å². The Labute approximate surface area is 122 Å². The molecule has 0 aliphatic carbocycles. The van der Waals surface area contributed by atoms with Crippen molar-refractivity contribution in [3.05, 3.63) is 6.54 Å². The van der Waals surface area contributed by atoms with Gasteiger partial charge in [-0.1, -0.05) is 26.2 Å². The molecule has 0 unspecified atom stereocenters. The van der Waals surface area contributed by atoms with Crippen LogP contribution in [0.3, 0.4) is 0 Å². The summed E-state index contributed by atoms with van der Waals surface area (Å²) in [6.07, 6.45) is 7.47. The van der Waals surface area contributed by atoms with E-state index in [0.717, 1.165) is 27.3 Å². The van der Waals surface area contributed by atoms with Crippen molar-refractivity contribution >= 4 is 0 Å². The van der Waals surface area contributed by atoms with E-state index in [1.54, 1.807) is 0 Å². The summed E-state index contributed by atoms with van der Waals surface area (Å²) in [5.74, 6) is 0. The van der Waals surface area contributed by atoms with Crippen LogP contribution in [-0.4, -0.2) is 37.5 Å². The van der Waals surface area contributed by atoms with Crippen molar-refractivity contribution in [2.24, 2.45) is 5.73 Å². The normalized spacial score (nSPS) is 8.12. The van der Waals surface area contributed by atoms with E-state index < -0.39 is 0 Å². The maximum Gasteiger partial charge on any atom is 0.0319 e. The second-order valence-electron chi connectivity index (χ2n) is 3.15. The fourth-order valence-electron chi connectivity index (χ4n) is 1.07. The molecule has 4 nitrogen and oxygen atoms in total. The second-order valence-corrected chi connectivity index (χ2v) is 3.15. The maximum atomic E-state index is 7.00. The van der Waals surface area contributed by atoms with Gasteiger partial charge in [0.25, 0.3) is 0 Å². The minimum atomic E-state index is 0. The van der Waals surface area contributed by atoms with Gasteiger partial charge in [-0.3, -0.25) is 6.54 Å². The van der Waals surface area contributed by atoms with Crippen LogP contribution in [-0.2, 0) is 21.7 Å². The number of nitrogens with one attached hydrogen (secondary N) is 1. The van der Waals surface area contributed by atoms with E-state index in [-0.39, 0.29) is 21.7 Å². The van der Waals surface area contributed by atoms with Gasteiger partial charge in [-0.25, -0.2) is 0 Å². The number of hydrogen-bond acceptors (Lipinski definition) is 4. The fourth-order valence-corrected chi connectivity index (χ4v) is 1.07. The van der Waals surface area contributed by atoms with Crippen LogP contribution in [0.5, 0.6) is 0 Å². The molecule has 0 radical (unpaired) electrons. The third kappa shape index (κ3) is 38.4. The monoisotopic (exact) mass is 283 g/mol. The molecule has 0 atom stereocenters. The van der Waals surface area contributed by atoms with Crippen LogP contribution >= 0.6 is 0 Å². The van der Waals surface area contributed by atoms with Crippen LogP contribution in [0.1, 0.15) is 45.4 Å². The molecule has 0 aromatic rings. The number of rotatable bonds is 9. The first kappa shape index (κ1) is 26.2. The molecule has 0 aromatic carbocycles. The molecule has 0 saturated carbocycles. The van der Waals surface area contributed by atoms with Gasteiger partial charge < -0.3 is 21.3 Å². The smallest absolute Gasteiger partial charge is 0.0319 e. The first-order chi connectivity index (χ1) is 7.91. The van der Waals surface area contributed by atoms with E-state index in [4.69, 9.17) is 15.9 Å². The molecule has 5 N–H and O–H groups in total. The van der Waals surface area contributed by atoms with Gasteiger partial charge >= 0.3 is 0 Å². The number of hydrogen-bond donors (Lipinski definition) is 4. The summed E-state index contributed by atoms with van der Waals surface area (Å²) in [7, 11) is 2.00. The molecule has 5 heteroatoms. The quantitative estimate of drug-likeness (QED) is 0.292. The van der Waals surface area contributed by atoms with E-state index in [0.29, 0.717) is 0 Å². The SMILES string of the molecule is CCC[CH-]NCCCCCCN.CO.CO.[Ti]. The number of aliphatic hydroxyl groups is 2. The van der Waals surface area contributed by atoms with Gasteiger partial charge in [-0.2, -0.15) is 6.42 Å². The molecule has 0 spiro atoms. The molecule has 0 fully saturated rings. The van der Waals surface area contributed by atoms with Crippen molar-refractivity contribution in [3.63, 3.8) is 0 Å². The van der Waals surface area contributed by atoms with Crippen LogP contribution in [0.4, 0.5) is 0 Å². The summed E-state index contributed by atoms with van der Waals surface area (Å²) in [4.78, 5) is 0. The van der Waals surface area contributed by atoms with Crippen molar-refractivity contribution in [1.29, 1.82) is 0 Å². The minimum Gasteiger partial charge on any atom is -0.470 e. The molecule has 0 aromatic heterocycles. The standard InChI is InChI=1S/C10H23N2.2CH4O.Ti/c1-2-3-9-12-10-7-5-4-6-8-11;2*1-2;/h9,12H,2-8,10-11H2,1H3;2*2H,1H3;/q-1;;;. The topological polar surface area (TPSA) is 78.5 Å². The molecular formula is C12H31N2O2Ti-. The molecule has 0 heterocycles. The van der Waals surface area contributed by atoms with Crippen LogP contribution in [0, 0.1) is 6.54 Å². The van der Waals surface area contributed by atoms with E-state index in [1.165, 1.54) is 38.5 Å². The largest absolute Gasteiger partial charge is 0.470 e. The minimum absolute atomic E-state index is 0. The Kier molecular flexibility index (Phi) is 55.4. The summed E-state index contributed by atoms with van der Waals surface area (Å²) < 4.78 is 0. The van der Waals surface area contributed by atoms with Crippen LogP contribution in [0.25, 0.3) is 0 Å². The molecule has 0 rings (SSSR count). The van der Waals surface area contributed by atoms with Crippen LogP contribution in [0.15, 0.2) is 0 Å². The zero-order chi connectivity index (χ0) is 13.1. The molecule has 106 valence electrons. The Hall–Kier alpha value is 0.554. The summed E-state index contributed by atoms with van der Waals surface area (Å²) in [5, 5.41) is 17.3. The van der Waals surface area contributed by atoms with E-state index in [1.807, 2.05) is 0 Å². The molecular weight excluding hydrogens is 252 g/mol. The Morgan fingerprint density at radius 2 is 1.53 bits per heavy atom. The zero-order valence-corrected chi connectivity index (χ0v) is 13.3. The van der Waals surface area contributed by atoms with Crippen molar-refractivity contribution in [1.82, 2.24) is 5.32 Å². The van der Waals surface area contributed by atoms with Gasteiger partial charge in [0.2, 0.25) is 0 Å². The summed E-state index contributed by atoms with van der Waals surface area (Å²) in [6, 6.07) is 0. The van der Waals surface area contributed by atoms with Crippen molar-refractivity contribution in [3.8, 4) is 0 Å². The van der Waals surface area contributed by atoms with E-state index >= 15 is 0 Å². The predicted octanol–water partition coefficient (Wildman–Crippen LogP) is 1.27. The number of aliphatic hydroxyl groups excluding tert-OH is 2. The average Bonchev–Trinajstić information content (AvgIpc) is 2.38. The zero-order valence-electron chi connectivity index (χ0n) is 11.7. The van der Waals surface area contributed by atoms with Crippen LogP contribution in [0.2, 0.25) is 0 Å².